The van der Waals surface area contributed by atoms with Gasteiger partial charge in [-0.3, -0.25) is 4.79 Å². The Hall–Kier alpha value is -1.75. The number of allylic oxidation sites excluding steroid dienone is 2. The fraction of sp³-hybridized carbons (Fsp3) is 0.948. The van der Waals surface area contributed by atoms with Gasteiger partial charge in [-0.15, -0.1) is 0 Å². The minimum atomic E-state index is -1.94. The second-order valence-electron chi connectivity index (χ2n) is 28.2. The highest BCUT2D eigenvalue weighted by atomic mass is 16.8. The number of aliphatic hydroxyl groups is 15. The third-order valence-electron chi connectivity index (χ3n) is 22.8. The second kappa shape index (κ2) is 23.8. The quantitative estimate of drug-likeness (QED) is 0.0528. The zero-order valence-electron chi connectivity index (χ0n) is 49.1. The maximum absolute atomic E-state index is 15.4. The first-order valence-corrected chi connectivity index (χ1v) is 30.1. The van der Waals surface area contributed by atoms with Gasteiger partial charge in [-0.05, 0) is 111 Å². The molecule has 26 heteroatoms. The van der Waals surface area contributed by atoms with E-state index in [0.29, 0.717) is 44.9 Å². The van der Waals surface area contributed by atoms with E-state index in [0.717, 1.165) is 12.0 Å². The Morgan fingerprint density at radius 1 is 0.548 bits per heavy atom. The van der Waals surface area contributed by atoms with Crippen molar-refractivity contribution in [2.45, 2.75) is 267 Å². The van der Waals surface area contributed by atoms with Crippen LogP contribution in [-0.4, -0.2) is 263 Å². The van der Waals surface area contributed by atoms with Crippen LogP contribution in [0.15, 0.2) is 11.6 Å². The zero-order chi connectivity index (χ0) is 61.3. The van der Waals surface area contributed by atoms with Gasteiger partial charge in [0, 0.05) is 5.41 Å². The van der Waals surface area contributed by atoms with Crippen LogP contribution in [-0.2, 0) is 52.2 Å². The lowest BCUT2D eigenvalue weighted by Gasteiger charge is -2.72. The summed E-state index contributed by atoms with van der Waals surface area (Å²) in [6, 6.07) is 0. The summed E-state index contributed by atoms with van der Waals surface area (Å²) in [7, 11) is 0. The Bertz CT molecular complexity index is 2350. The van der Waals surface area contributed by atoms with Gasteiger partial charge in [0.05, 0.1) is 56.3 Å². The molecule has 5 aliphatic carbocycles. The molecule has 0 radical (unpaired) electrons. The summed E-state index contributed by atoms with van der Waals surface area (Å²) >= 11 is 0. The van der Waals surface area contributed by atoms with Gasteiger partial charge in [0.25, 0.3) is 0 Å². The fourth-order valence-corrected chi connectivity index (χ4v) is 17.5. The molecule has 10 aliphatic rings. The zero-order valence-corrected chi connectivity index (χ0v) is 49.1. The van der Waals surface area contributed by atoms with E-state index >= 15 is 4.79 Å². The highest BCUT2D eigenvalue weighted by molar-refractivity contribution is 5.79. The third-order valence-corrected chi connectivity index (χ3v) is 22.8. The molecule has 9 fully saturated rings. The molecular formula is C58H94O26. The summed E-state index contributed by atoms with van der Waals surface area (Å²) in [4.78, 5) is 15.4. The summed E-state index contributed by atoms with van der Waals surface area (Å²) in [6.45, 7) is 13.9. The summed E-state index contributed by atoms with van der Waals surface area (Å²) in [5.41, 5.74) is -2.60. The molecule has 5 heterocycles. The molecule has 0 bridgehead atoms. The molecule has 24 unspecified atom stereocenters. The minimum absolute atomic E-state index is 0.0207. The van der Waals surface area contributed by atoms with Crippen molar-refractivity contribution < 1.29 is 129 Å². The van der Waals surface area contributed by atoms with Crippen LogP contribution in [0.4, 0.5) is 0 Å². The SMILES string of the molecule is CC1OC(OC2C(O)COC(OC3C(C)OC(OC4C(OC(=O)[C@]56CCC(C)(C)C[C@@H]5C5=CCC7[C@@]8(C)C[C@H](O)[C@H](OC9OC(CO)C(O)C(O)C9O)[C@@](C)(CO)[C@@H]8CC[C@@]7(C)[C@]5(C)CC6)OCC(O)C4O)C(O)C3O)C2O)C(O)C(O)C1O. The van der Waals surface area contributed by atoms with Gasteiger partial charge in [-0.1, -0.05) is 53.2 Å². The molecule has 0 aromatic carbocycles. The second-order valence-corrected chi connectivity index (χ2v) is 28.2. The molecule has 10 rings (SSSR count). The molecular weight excluding hydrogens is 1110 g/mol. The van der Waals surface area contributed by atoms with E-state index in [4.69, 9.17) is 47.4 Å². The third kappa shape index (κ3) is 10.7. The van der Waals surface area contributed by atoms with Crippen LogP contribution in [0, 0.1) is 50.2 Å². The van der Waals surface area contributed by atoms with Gasteiger partial charge < -0.3 is 124 Å². The Morgan fingerprint density at radius 2 is 1.13 bits per heavy atom. The highest BCUT2D eigenvalue weighted by Crippen LogP contribution is 2.76. The average molecular weight is 1210 g/mol. The summed E-state index contributed by atoms with van der Waals surface area (Å²) in [5.74, 6) is -1.12. The van der Waals surface area contributed by atoms with E-state index in [2.05, 4.69) is 40.7 Å². The number of esters is 1. The van der Waals surface area contributed by atoms with Crippen LogP contribution < -0.4 is 0 Å². The molecule has 0 spiro atoms. The number of carbonyl (C=O) groups excluding carboxylic acids is 1. The van der Waals surface area contributed by atoms with E-state index in [1.54, 1.807) is 0 Å². The van der Waals surface area contributed by atoms with Crippen molar-refractivity contribution in [3.63, 3.8) is 0 Å². The maximum atomic E-state index is 15.4. The molecule has 33 atom stereocenters. The summed E-state index contributed by atoms with van der Waals surface area (Å²) < 4.78 is 59.3. The first-order chi connectivity index (χ1) is 39.3. The van der Waals surface area contributed by atoms with Crippen molar-refractivity contribution in [3.8, 4) is 0 Å². The molecule has 26 nitrogen and oxygen atoms in total. The molecule has 5 saturated heterocycles. The number of carbonyl (C=O) groups is 1. The van der Waals surface area contributed by atoms with Crippen LogP contribution in [0.3, 0.4) is 0 Å². The van der Waals surface area contributed by atoms with Gasteiger partial charge in [0.15, 0.2) is 31.3 Å². The molecule has 0 aromatic heterocycles. The predicted octanol–water partition coefficient (Wildman–Crippen LogP) is -2.93. The van der Waals surface area contributed by atoms with E-state index in [1.165, 1.54) is 13.8 Å². The molecule has 4 saturated carbocycles. The summed E-state index contributed by atoms with van der Waals surface area (Å²) in [6.07, 6.45) is -31.3. The van der Waals surface area contributed by atoms with Crippen LogP contribution >= 0.6 is 0 Å². The van der Waals surface area contributed by atoms with Crippen LogP contribution in [0.2, 0.25) is 0 Å². The Balaban J connectivity index is 0.843. The number of aliphatic hydroxyl groups excluding tert-OH is 15. The van der Waals surface area contributed by atoms with Crippen molar-refractivity contribution in [1.82, 2.24) is 0 Å². The lowest BCUT2D eigenvalue weighted by molar-refractivity contribution is -0.377. The topological polar surface area (TPSA) is 413 Å². The average Bonchev–Trinajstić information content (AvgIpc) is 0.682. The van der Waals surface area contributed by atoms with E-state index < -0.39 is 201 Å². The fourth-order valence-electron chi connectivity index (χ4n) is 17.5. The van der Waals surface area contributed by atoms with Crippen LogP contribution in [0.1, 0.15) is 113 Å². The Morgan fingerprint density at radius 3 is 1.80 bits per heavy atom. The van der Waals surface area contributed by atoms with E-state index in [9.17, 15) is 76.6 Å². The molecule has 482 valence electrons. The normalized spacial score (nSPS) is 55.8. The van der Waals surface area contributed by atoms with Crippen molar-refractivity contribution in [2.75, 3.05) is 26.4 Å². The highest BCUT2D eigenvalue weighted by Gasteiger charge is 2.72. The number of rotatable bonds is 12. The number of hydrogen-bond acceptors (Lipinski definition) is 26. The lowest BCUT2D eigenvalue weighted by Crippen LogP contribution is -2.69. The van der Waals surface area contributed by atoms with Gasteiger partial charge >= 0.3 is 5.97 Å². The van der Waals surface area contributed by atoms with Crippen molar-refractivity contribution in [3.05, 3.63) is 11.6 Å². The number of ether oxygens (including phenoxy) is 10. The molecule has 0 aromatic rings. The number of fused-ring (bicyclic) bond motifs is 7. The Labute approximate surface area is 488 Å². The van der Waals surface area contributed by atoms with Crippen molar-refractivity contribution >= 4 is 5.97 Å². The largest absolute Gasteiger partial charge is 0.432 e. The van der Waals surface area contributed by atoms with Crippen LogP contribution in [0.25, 0.3) is 0 Å². The van der Waals surface area contributed by atoms with Crippen molar-refractivity contribution in [2.24, 2.45) is 50.2 Å². The van der Waals surface area contributed by atoms with Gasteiger partial charge in [-0.2, -0.15) is 0 Å². The first-order valence-electron chi connectivity index (χ1n) is 30.1. The van der Waals surface area contributed by atoms with E-state index in [-0.39, 0.29) is 41.6 Å². The van der Waals surface area contributed by atoms with Gasteiger partial charge in [0.2, 0.25) is 6.29 Å². The Kier molecular flexibility index (Phi) is 18.5. The lowest BCUT2D eigenvalue weighted by atomic mass is 9.33. The molecule has 84 heavy (non-hydrogen) atoms. The van der Waals surface area contributed by atoms with Gasteiger partial charge in [-0.25, -0.2) is 0 Å². The molecule has 15 N–H and O–H groups in total. The summed E-state index contributed by atoms with van der Waals surface area (Å²) in [5, 5.41) is 164. The van der Waals surface area contributed by atoms with E-state index in [1.807, 2.05) is 6.92 Å². The van der Waals surface area contributed by atoms with Crippen molar-refractivity contribution in [1.29, 1.82) is 0 Å². The first kappa shape index (κ1) is 65.2. The monoisotopic (exact) mass is 1210 g/mol. The molecule has 5 aliphatic heterocycles. The minimum Gasteiger partial charge on any atom is -0.432 e. The van der Waals surface area contributed by atoms with Gasteiger partial charge in [0.1, 0.15) is 91.6 Å². The smallest absolute Gasteiger partial charge is 0.315 e. The predicted molar refractivity (Wildman–Crippen MR) is 283 cm³/mol. The standard InChI is InChI=1S/C58H94O26/c1-23-33(64)36(67)39(70)48(77-23)81-44-29(63)21-75-47(42(44)73)80-43-24(2)78-49(41(72)38(43)69)82-45-34(65)28(62)20-76-51(45)84-52(74)58-15-13-53(3,4)17-26(58)25-9-10-32-54(5)18-27(61)46(83-50-40(71)37(68)35(66)30(19-59)79-50)55(6,22-60)31(54)11-12-57(32,8)56(25,7)14-16-58/h9,23-24,26-51,59-73H,10-22H2,1-8H3/t23?,24?,26-,27+,28?,29?,30?,31-,32?,33?,34?,35?,36?,37?,38?,39?,40?,41?,42?,43?,44?,45?,46+,47?,48?,49?,50?,51?,54+,55+,56-,57-,58+/m1/s1. The maximum Gasteiger partial charge on any atom is 0.315 e. The van der Waals surface area contributed by atoms with Crippen LogP contribution in [0.5, 0.6) is 0 Å². The molecule has 0 amide bonds. The number of hydrogen-bond donors (Lipinski definition) is 15.